The number of hydrogen-bond donors (Lipinski definition) is 0. The van der Waals surface area contributed by atoms with Crippen molar-refractivity contribution in [2.75, 3.05) is 7.11 Å². The van der Waals surface area contributed by atoms with Crippen molar-refractivity contribution in [1.82, 2.24) is 0 Å². The average Bonchev–Trinajstić information content (AvgIpc) is 2.01. The number of hydrogen-bond acceptors (Lipinski definition) is 2. The van der Waals surface area contributed by atoms with E-state index in [1.54, 1.807) is 0 Å². The van der Waals surface area contributed by atoms with Crippen LogP contribution in [0, 0.1) is 0 Å². The van der Waals surface area contributed by atoms with Gasteiger partial charge in [0.2, 0.25) is 5.78 Å². The van der Waals surface area contributed by atoms with E-state index in [4.69, 9.17) is 0 Å². The van der Waals surface area contributed by atoms with Crippen molar-refractivity contribution in [3.8, 4) is 0 Å². The fraction of sp³-hybridized carbons (Fsp3) is 0.571. The molecular formula is C7H7F5O2. The summed E-state index contributed by atoms with van der Waals surface area (Å²) in [5.74, 6) is -8.03. The fourth-order valence-corrected chi connectivity index (χ4v) is 0.474. The predicted molar refractivity (Wildman–Crippen MR) is 36.8 cm³/mol. The lowest BCUT2D eigenvalue weighted by atomic mass is 10.2. The summed E-state index contributed by atoms with van der Waals surface area (Å²) in [6.45, 7) is 1.09. The lowest BCUT2D eigenvalue weighted by molar-refractivity contribution is -0.266. The highest BCUT2D eigenvalue weighted by molar-refractivity contribution is 5.96. The summed E-state index contributed by atoms with van der Waals surface area (Å²) >= 11 is 0. The first-order valence-electron chi connectivity index (χ1n) is 3.34. The van der Waals surface area contributed by atoms with E-state index in [2.05, 4.69) is 4.74 Å². The monoisotopic (exact) mass is 218 g/mol. The number of halogens is 5. The highest BCUT2D eigenvalue weighted by atomic mass is 19.4. The van der Waals surface area contributed by atoms with Crippen LogP contribution in [0.5, 0.6) is 0 Å². The molecule has 0 saturated carbocycles. The van der Waals surface area contributed by atoms with Crippen molar-refractivity contribution < 1.29 is 31.5 Å². The minimum atomic E-state index is -5.88. The Bertz CT molecular complexity index is 253. The highest BCUT2D eigenvalue weighted by Gasteiger charge is 2.62. The molecule has 0 fully saturated rings. The van der Waals surface area contributed by atoms with Gasteiger partial charge in [0, 0.05) is 6.08 Å². The maximum Gasteiger partial charge on any atom is 0.461 e. The van der Waals surface area contributed by atoms with Gasteiger partial charge in [0.25, 0.3) is 0 Å². The number of methoxy groups -OCH3 is 1. The SMILES string of the molecule is CO/C(C)=C/C(=O)C(F)(F)C(F)(F)F. The third kappa shape index (κ3) is 2.68. The minimum Gasteiger partial charge on any atom is -0.501 e. The van der Waals surface area contributed by atoms with E-state index in [-0.39, 0.29) is 11.8 Å². The smallest absolute Gasteiger partial charge is 0.461 e. The molecule has 0 aliphatic carbocycles. The second kappa shape index (κ2) is 3.93. The van der Waals surface area contributed by atoms with Gasteiger partial charge < -0.3 is 4.74 Å². The van der Waals surface area contributed by atoms with Gasteiger partial charge in [-0.3, -0.25) is 4.79 Å². The molecule has 7 heteroatoms. The summed E-state index contributed by atoms with van der Waals surface area (Å²) in [6, 6.07) is 0. The van der Waals surface area contributed by atoms with E-state index < -0.39 is 17.9 Å². The van der Waals surface area contributed by atoms with Gasteiger partial charge in [0.15, 0.2) is 0 Å². The molecule has 14 heavy (non-hydrogen) atoms. The van der Waals surface area contributed by atoms with Gasteiger partial charge in [-0.1, -0.05) is 0 Å². The molecule has 0 aromatic heterocycles. The molecule has 0 aliphatic rings. The summed E-state index contributed by atoms with van der Waals surface area (Å²) < 4.78 is 63.6. The first kappa shape index (κ1) is 12.9. The van der Waals surface area contributed by atoms with E-state index >= 15 is 0 Å². The zero-order chi connectivity index (χ0) is 11.6. The molecule has 0 aromatic carbocycles. The summed E-state index contributed by atoms with van der Waals surface area (Å²) in [6.07, 6.45) is -5.78. The van der Waals surface area contributed by atoms with Crippen molar-refractivity contribution in [3.05, 3.63) is 11.8 Å². The van der Waals surface area contributed by atoms with E-state index in [9.17, 15) is 26.7 Å². The Morgan fingerprint density at radius 3 is 1.93 bits per heavy atom. The van der Waals surface area contributed by atoms with Gasteiger partial charge in [-0.25, -0.2) is 0 Å². The maximum absolute atomic E-state index is 12.2. The van der Waals surface area contributed by atoms with E-state index in [1.165, 1.54) is 0 Å². The normalized spacial score (nSPS) is 14.1. The third-order valence-electron chi connectivity index (χ3n) is 1.32. The van der Waals surface area contributed by atoms with Gasteiger partial charge >= 0.3 is 12.1 Å². The first-order chi connectivity index (χ1) is 6.13. The number of allylic oxidation sites excluding steroid dienone is 2. The molecule has 82 valence electrons. The number of carbonyl (C=O) groups is 1. The molecule has 0 unspecified atom stereocenters. The van der Waals surface area contributed by atoms with Crippen LogP contribution >= 0.6 is 0 Å². The molecule has 0 aliphatic heterocycles. The first-order valence-corrected chi connectivity index (χ1v) is 3.34. The zero-order valence-electron chi connectivity index (χ0n) is 7.28. The average molecular weight is 218 g/mol. The molecule has 0 aromatic rings. The third-order valence-corrected chi connectivity index (χ3v) is 1.32. The molecule has 0 N–H and O–H groups in total. The highest BCUT2D eigenvalue weighted by Crippen LogP contribution is 2.36. The number of carbonyl (C=O) groups excluding carboxylic acids is 1. The van der Waals surface area contributed by atoms with Crippen LogP contribution in [0.15, 0.2) is 11.8 Å². The van der Waals surface area contributed by atoms with Crippen LogP contribution in [-0.4, -0.2) is 25.0 Å². The van der Waals surface area contributed by atoms with Gasteiger partial charge in [0.05, 0.1) is 12.9 Å². The quantitative estimate of drug-likeness (QED) is 0.412. The molecule has 0 saturated heterocycles. The Morgan fingerprint density at radius 2 is 1.64 bits per heavy atom. The molecular weight excluding hydrogens is 211 g/mol. The van der Waals surface area contributed by atoms with Crippen molar-refractivity contribution in [2.24, 2.45) is 0 Å². The summed E-state index contributed by atoms with van der Waals surface area (Å²) in [5, 5.41) is 0. The van der Waals surface area contributed by atoms with Crippen LogP contribution in [0.1, 0.15) is 6.92 Å². The van der Waals surface area contributed by atoms with Crippen LogP contribution < -0.4 is 0 Å². The van der Waals surface area contributed by atoms with Crippen LogP contribution in [-0.2, 0) is 9.53 Å². The molecule has 0 spiro atoms. The van der Waals surface area contributed by atoms with E-state index in [0.717, 1.165) is 14.0 Å². The fourth-order valence-electron chi connectivity index (χ4n) is 0.474. The lowest BCUT2D eigenvalue weighted by Gasteiger charge is -2.16. The van der Waals surface area contributed by atoms with Gasteiger partial charge in [-0.05, 0) is 6.92 Å². The van der Waals surface area contributed by atoms with Crippen molar-refractivity contribution >= 4 is 5.78 Å². The van der Waals surface area contributed by atoms with Crippen molar-refractivity contribution in [3.63, 3.8) is 0 Å². The Labute approximate surface area is 76.3 Å². The predicted octanol–water partition coefficient (Wildman–Crippen LogP) is 2.30. The molecule has 0 rings (SSSR count). The number of ketones is 1. The molecule has 0 bridgehead atoms. The number of ether oxygens (including phenoxy) is 1. The van der Waals surface area contributed by atoms with Gasteiger partial charge in [-0.2, -0.15) is 22.0 Å². The van der Waals surface area contributed by atoms with Gasteiger partial charge in [-0.15, -0.1) is 0 Å². The second-order valence-electron chi connectivity index (χ2n) is 2.40. The Balaban J connectivity index is 4.87. The minimum absolute atomic E-state index is 0.105. The second-order valence-corrected chi connectivity index (χ2v) is 2.40. The summed E-state index contributed by atoms with van der Waals surface area (Å²) in [7, 11) is 1.05. The molecule has 0 radical (unpaired) electrons. The van der Waals surface area contributed by atoms with E-state index in [0.29, 0.717) is 0 Å². The van der Waals surface area contributed by atoms with Crippen LogP contribution in [0.4, 0.5) is 22.0 Å². The maximum atomic E-state index is 12.2. The molecule has 0 amide bonds. The van der Waals surface area contributed by atoms with E-state index in [1.807, 2.05) is 0 Å². The van der Waals surface area contributed by atoms with Crippen LogP contribution in [0.25, 0.3) is 0 Å². The Hall–Kier alpha value is -1.14. The van der Waals surface area contributed by atoms with Crippen molar-refractivity contribution in [2.45, 2.75) is 19.0 Å². The topological polar surface area (TPSA) is 26.3 Å². The van der Waals surface area contributed by atoms with Crippen LogP contribution in [0.3, 0.4) is 0 Å². The Morgan fingerprint density at radius 1 is 1.21 bits per heavy atom. The molecule has 0 heterocycles. The summed E-state index contributed by atoms with van der Waals surface area (Å²) in [5.41, 5.74) is 0. The Kier molecular flexibility index (Phi) is 3.61. The standard InChI is InChI=1S/C7H7F5O2/c1-4(14-2)3-5(13)6(8,9)7(10,11)12/h3H,1-2H3/b4-3+. The molecule has 2 nitrogen and oxygen atoms in total. The van der Waals surface area contributed by atoms with Crippen molar-refractivity contribution in [1.29, 1.82) is 0 Å². The number of rotatable bonds is 3. The lowest BCUT2D eigenvalue weighted by Crippen LogP contribution is -2.43. The van der Waals surface area contributed by atoms with Gasteiger partial charge in [0.1, 0.15) is 0 Å². The summed E-state index contributed by atoms with van der Waals surface area (Å²) in [4.78, 5) is 10.5. The zero-order valence-corrected chi connectivity index (χ0v) is 7.28. The largest absolute Gasteiger partial charge is 0.501 e. The number of alkyl halides is 5. The van der Waals surface area contributed by atoms with Crippen LogP contribution in [0.2, 0.25) is 0 Å². The molecule has 0 atom stereocenters.